The molecular formula is C15H12F4N4O7S. The molecule has 31 heavy (non-hydrogen) atoms. The van der Waals surface area contributed by atoms with Crippen molar-refractivity contribution in [2.24, 2.45) is 0 Å². The van der Waals surface area contributed by atoms with Gasteiger partial charge in [0.1, 0.15) is 0 Å². The maximum absolute atomic E-state index is 12.7. The zero-order chi connectivity index (χ0) is 23.2. The molecule has 0 radical (unpaired) electrons. The van der Waals surface area contributed by atoms with Crippen LogP contribution in [0, 0.1) is 0 Å². The summed E-state index contributed by atoms with van der Waals surface area (Å²) in [6.45, 7) is -6.86. The van der Waals surface area contributed by atoms with Crippen molar-refractivity contribution in [1.82, 2.24) is 14.3 Å². The highest BCUT2D eigenvalue weighted by Gasteiger charge is 2.37. The minimum atomic E-state index is -4.80. The predicted octanol–water partition coefficient (Wildman–Crippen LogP) is 2.67. The van der Waals surface area contributed by atoms with Crippen LogP contribution in [0.5, 0.6) is 11.8 Å². The SMILES string of the molecule is COC(=O)N(C(=O)Nc1nc(OC(F)F)cc(OC(F)F)n1)S(=O)(=O)c1ccccc1. The highest BCUT2D eigenvalue weighted by atomic mass is 32.2. The topological polar surface area (TPSA) is 137 Å². The Hall–Kier alpha value is -3.69. The first-order valence-electron chi connectivity index (χ1n) is 7.82. The molecule has 0 atom stereocenters. The summed E-state index contributed by atoms with van der Waals surface area (Å²) in [5.74, 6) is -2.98. The number of sulfonamides is 1. The lowest BCUT2D eigenvalue weighted by molar-refractivity contribution is -0.0579. The summed E-state index contributed by atoms with van der Waals surface area (Å²) in [6, 6.07) is 4.97. The number of rotatable bonds is 7. The summed E-state index contributed by atoms with van der Waals surface area (Å²) in [5, 5.41) is 1.70. The van der Waals surface area contributed by atoms with Crippen LogP contribution in [0.25, 0.3) is 0 Å². The van der Waals surface area contributed by atoms with Crippen molar-refractivity contribution in [3.8, 4) is 11.8 Å². The minimum Gasteiger partial charge on any atom is -0.452 e. The highest BCUT2D eigenvalue weighted by Crippen LogP contribution is 2.23. The number of urea groups is 1. The molecule has 0 saturated heterocycles. The zero-order valence-electron chi connectivity index (χ0n) is 15.2. The second kappa shape index (κ2) is 9.88. The first-order valence-corrected chi connectivity index (χ1v) is 9.26. The lowest BCUT2D eigenvalue weighted by atomic mass is 10.4. The number of imide groups is 1. The van der Waals surface area contributed by atoms with Crippen LogP contribution in [-0.4, -0.2) is 55.1 Å². The maximum atomic E-state index is 12.7. The Morgan fingerprint density at radius 1 is 1.00 bits per heavy atom. The molecule has 168 valence electrons. The van der Waals surface area contributed by atoms with Crippen LogP contribution in [0.3, 0.4) is 0 Å². The fourth-order valence-corrected chi connectivity index (χ4v) is 3.23. The van der Waals surface area contributed by atoms with E-state index in [-0.39, 0.29) is 4.31 Å². The third-order valence-electron chi connectivity index (χ3n) is 3.12. The lowest BCUT2D eigenvalue weighted by Gasteiger charge is -2.19. The van der Waals surface area contributed by atoms with Crippen molar-refractivity contribution >= 4 is 28.1 Å². The summed E-state index contributed by atoms with van der Waals surface area (Å²) in [4.78, 5) is 30.6. The van der Waals surface area contributed by atoms with Gasteiger partial charge in [0.15, 0.2) is 0 Å². The van der Waals surface area contributed by atoms with E-state index in [2.05, 4.69) is 24.2 Å². The van der Waals surface area contributed by atoms with Crippen LogP contribution in [0.4, 0.5) is 33.1 Å². The standard InChI is InChI=1S/C15H12F4N4O7S/c1-28-15(25)23(31(26,27)8-5-3-2-4-6-8)14(24)22-13-20-9(29-11(16)17)7-10(21-13)30-12(18)19/h2-7,11-12H,1H3,(H,20,21,22,24). The number of methoxy groups -OCH3 is 1. The number of hydrogen-bond donors (Lipinski definition) is 1. The van der Waals surface area contributed by atoms with Crippen LogP contribution in [0.15, 0.2) is 41.3 Å². The van der Waals surface area contributed by atoms with E-state index in [1.54, 1.807) is 5.32 Å². The van der Waals surface area contributed by atoms with Crippen molar-refractivity contribution in [3.63, 3.8) is 0 Å². The lowest BCUT2D eigenvalue weighted by Crippen LogP contribution is -2.44. The third kappa shape index (κ3) is 6.14. The number of nitrogens with zero attached hydrogens (tertiary/aromatic N) is 3. The Balaban J connectivity index is 2.42. The number of alkyl halides is 4. The third-order valence-corrected chi connectivity index (χ3v) is 4.79. The van der Waals surface area contributed by atoms with Crippen molar-refractivity contribution < 1.29 is 49.8 Å². The van der Waals surface area contributed by atoms with E-state index < -0.39 is 58.0 Å². The molecule has 2 aromatic rings. The second-order valence-corrected chi connectivity index (χ2v) is 6.89. The number of aromatic nitrogens is 2. The summed E-state index contributed by atoms with van der Waals surface area (Å²) >= 11 is 0. The van der Waals surface area contributed by atoms with Gasteiger partial charge in [-0.15, -0.1) is 4.31 Å². The molecule has 16 heteroatoms. The average molecular weight is 468 g/mol. The summed E-state index contributed by atoms with van der Waals surface area (Å²) in [6.07, 6.45) is -1.65. The number of carbonyl (C=O) groups excluding carboxylic acids is 2. The van der Waals surface area contributed by atoms with Crippen LogP contribution >= 0.6 is 0 Å². The summed E-state index contributed by atoms with van der Waals surface area (Å²) in [7, 11) is -4.02. The van der Waals surface area contributed by atoms with Crippen LogP contribution in [0.2, 0.25) is 0 Å². The molecule has 2 rings (SSSR count). The van der Waals surface area contributed by atoms with Crippen molar-refractivity contribution in [2.75, 3.05) is 12.4 Å². The Kier molecular flexibility index (Phi) is 7.51. The van der Waals surface area contributed by atoms with Gasteiger partial charge >= 0.3 is 25.3 Å². The van der Waals surface area contributed by atoms with Gasteiger partial charge in [-0.2, -0.15) is 27.5 Å². The number of benzene rings is 1. The van der Waals surface area contributed by atoms with Gasteiger partial charge in [0.2, 0.25) is 17.7 Å². The molecule has 3 amide bonds. The molecule has 0 spiro atoms. The predicted molar refractivity (Wildman–Crippen MR) is 92.2 cm³/mol. The number of anilines is 1. The maximum Gasteiger partial charge on any atom is 0.432 e. The van der Waals surface area contributed by atoms with Crippen molar-refractivity contribution in [2.45, 2.75) is 18.1 Å². The first kappa shape index (κ1) is 23.6. The van der Waals surface area contributed by atoms with E-state index in [0.717, 1.165) is 19.2 Å². The highest BCUT2D eigenvalue weighted by molar-refractivity contribution is 7.90. The molecule has 0 saturated carbocycles. The Labute approximate surface area is 171 Å². The van der Waals surface area contributed by atoms with E-state index in [1.807, 2.05) is 0 Å². The van der Waals surface area contributed by atoms with E-state index in [0.29, 0.717) is 6.07 Å². The molecule has 0 aliphatic heterocycles. The molecule has 0 unspecified atom stereocenters. The van der Waals surface area contributed by atoms with Gasteiger partial charge in [0.25, 0.3) is 10.0 Å². The number of nitrogens with one attached hydrogen (secondary N) is 1. The smallest absolute Gasteiger partial charge is 0.432 e. The molecule has 0 aliphatic carbocycles. The molecule has 0 aliphatic rings. The normalized spacial score (nSPS) is 11.2. The van der Waals surface area contributed by atoms with E-state index in [1.165, 1.54) is 18.2 Å². The number of hydrogen-bond acceptors (Lipinski definition) is 9. The first-order chi connectivity index (χ1) is 14.5. The van der Waals surface area contributed by atoms with Crippen LogP contribution in [-0.2, 0) is 14.8 Å². The largest absolute Gasteiger partial charge is 0.452 e. The number of ether oxygens (including phenoxy) is 3. The minimum absolute atomic E-state index is 0.347. The van der Waals surface area contributed by atoms with E-state index >= 15 is 0 Å². The van der Waals surface area contributed by atoms with Gasteiger partial charge in [-0.1, -0.05) is 18.2 Å². The average Bonchev–Trinajstić information content (AvgIpc) is 2.67. The summed E-state index contributed by atoms with van der Waals surface area (Å²) < 4.78 is 86.9. The Morgan fingerprint density at radius 2 is 1.52 bits per heavy atom. The quantitative estimate of drug-likeness (QED) is 0.608. The van der Waals surface area contributed by atoms with E-state index in [4.69, 9.17) is 0 Å². The van der Waals surface area contributed by atoms with Gasteiger partial charge in [-0.05, 0) is 12.1 Å². The molecule has 1 heterocycles. The number of carbonyl (C=O) groups is 2. The van der Waals surface area contributed by atoms with Gasteiger partial charge in [-0.3, -0.25) is 5.32 Å². The fourth-order valence-electron chi connectivity index (χ4n) is 1.98. The molecule has 1 N–H and O–H groups in total. The van der Waals surface area contributed by atoms with E-state index in [9.17, 15) is 35.6 Å². The Bertz CT molecular complexity index is 1010. The van der Waals surface area contributed by atoms with Gasteiger partial charge in [0, 0.05) is 0 Å². The second-order valence-electron chi connectivity index (χ2n) is 5.11. The van der Waals surface area contributed by atoms with Gasteiger partial charge in [0.05, 0.1) is 18.1 Å². The van der Waals surface area contributed by atoms with Crippen molar-refractivity contribution in [3.05, 3.63) is 36.4 Å². The number of amides is 3. The molecule has 0 fully saturated rings. The molecule has 1 aromatic heterocycles. The summed E-state index contributed by atoms with van der Waals surface area (Å²) in [5.41, 5.74) is 0. The Morgan fingerprint density at radius 3 is 1.97 bits per heavy atom. The molecular weight excluding hydrogens is 456 g/mol. The van der Waals surface area contributed by atoms with Gasteiger partial charge < -0.3 is 14.2 Å². The molecule has 1 aromatic carbocycles. The molecule has 0 bridgehead atoms. The van der Waals surface area contributed by atoms with Crippen LogP contribution in [0.1, 0.15) is 0 Å². The van der Waals surface area contributed by atoms with Gasteiger partial charge in [-0.25, -0.2) is 18.0 Å². The zero-order valence-corrected chi connectivity index (χ0v) is 16.1. The van der Waals surface area contributed by atoms with Crippen LogP contribution < -0.4 is 14.8 Å². The monoisotopic (exact) mass is 468 g/mol. The van der Waals surface area contributed by atoms with Crippen molar-refractivity contribution in [1.29, 1.82) is 0 Å². The molecule has 11 nitrogen and oxygen atoms in total. The fraction of sp³-hybridized carbons (Fsp3) is 0.200. The number of halogens is 4.